The largest absolute Gasteiger partial charge is 0.493 e. The Balaban J connectivity index is 1.40. The van der Waals surface area contributed by atoms with Crippen molar-refractivity contribution in [2.45, 2.75) is 70.2 Å². The van der Waals surface area contributed by atoms with Crippen LogP contribution in [-0.4, -0.2) is 74.7 Å². The Kier molecular flexibility index (Phi) is 8.66. The van der Waals surface area contributed by atoms with Crippen LogP contribution in [0.1, 0.15) is 51.6 Å². The van der Waals surface area contributed by atoms with E-state index in [0.717, 1.165) is 12.8 Å². The number of halogens is 3. The highest BCUT2D eigenvalue weighted by molar-refractivity contribution is 6.39. The molecule has 0 radical (unpaired) electrons. The van der Waals surface area contributed by atoms with E-state index < -0.39 is 23.6 Å². The van der Waals surface area contributed by atoms with Gasteiger partial charge >= 0.3 is 6.09 Å². The van der Waals surface area contributed by atoms with Crippen LogP contribution in [0, 0.1) is 5.82 Å². The predicted molar refractivity (Wildman–Crippen MR) is 157 cm³/mol. The number of para-hydroxylation sites is 1. The van der Waals surface area contributed by atoms with Gasteiger partial charge in [-0.25, -0.2) is 13.9 Å². The maximum absolute atomic E-state index is 14.4. The Bertz CT molecular complexity index is 1460. The molecule has 2 aliphatic rings. The number of ether oxygens (including phenoxy) is 2. The van der Waals surface area contributed by atoms with E-state index >= 15 is 0 Å². The van der Waals surface area contributed by atoms with Crippen molar-refractivity contribution in [1.82, 2.24) is 24.8 Å². The van der Waals surface area contributed by atoms with Crippen molar-refractivity contribution in [2.75, 3.05) is 20.2 Å². The molecule has 2 fully saturated rings. The summed E-state index contributed by atoms with van der Waals surface area (Å²) in [5.41, 5.74) is 1.01. The minimum Gasteiger partial charge on any atom is -0.493 e. The Morgan fingerprint density at radius 3 is 2.50 bits per heavy atom. The molecular formula is C30H34Cl2FN5O4. The minimum atomic E-state index is -0.767. The van der Waals surface area contributed by atoms with E-state index in [-0.39, 0.29) is 30.3 Å². The molecule has 12 heteroatoms. The number of likely N-dealkylation sites (tertiary alicyclic amines) is 2. The number of nitrogens with zero attached hydrogens (tertiary/aromatic N) is 5. The van der Waals surface area contributed by atoms with Crippen molar-refractivity contribution >= 4 is 35.2 Å². The first-order valence-corrected chi connectivity index (χ1v) is 14.7. The third kappa shape index (κ3) is 6.20. The molecule has 3 atom stereocenters. The average Bonchev–Trinajstić information content (AvgIpc) is 3.67. The highest BCUT2D eigenvalue weighted by Gasteiger charge is 2.46. The number of carbonyl (C=O) groups excluding carboxylic acids is 2. The number of hydrogen-bond donors (Lipinski definition) is 0. The van der Waals surface area contributed by atoms with Crippen LogP contribution in [0.25, 0.3) is 11.3 Å². The maximum Gasteiger partial charge on any atom is 0.411 e. The van der Waals surface area contributed by atoms with Gasteiger partial charge in [-0.05, 0) is 63.8 Å². The van der Waals surface area contributed by atoms with Gasteiger partial charge in [0, 0.05) is 31.1 Å². The van der Waals surface area contributed by atoms with E-state index in [1.807, 2.05) is 11.0 Å². The third-order valence-corrected chi connectivity index (χ3v) is 8.29. The molecule has 9 nitrogen and oxygen atoms in total. The van der Waals surface area contributed by atoms with Gasteiger partial charge < -0.3 is 14.4 Å². The molecule has 0 saturated carbocycles. The van der Waals surface area contributed by atoms with Crippen LogP contribution in [0.15, 0.2) is 42.6 Å². The van der Waals surface area contributed by atoms with Crippen molar-refractivity contribution in [1.29, 1.82) is 0 Å². The van der Waals surface area contributed by atoms with E-state index in [1.54, 1.807) is 55.9 Å². The zero-order valence-electron chi connectivity index (χ0n) is 24.0. The molecule has 2 amide bonds. The molecule has 0 bridgehead atoms. The second kappa shape index (κ2) is 12.1. The first kappa shape index (κ1) is 30.1. The summed E-state index contributed by atoms with van der Waals surface area (Å²) in [6, 6.07) is 8.75. The molecule has 2 saturated heterocycles. The van der Waals surface area contributed by atoms with Crippen LogP contribution >= 0.6 is 23.2 Å². The van der Waals surface area contributed by atoms with E-state index in [9.17, 15) is 14.0 Å². The summed E-state index contributed by atoms with van der Waals surface area (Å²) in [5, 5.41) is 9.48. The van der Waals surface area contributed by atoms with Gasteiger partial charge in [-0.15, -0.1) is 5.10 Å². The summed E-state index contributed by atoms with van der Waals surface area (Å²) in [5.74, 6) is -0.421. The van der Waals surface area contributed by atoms with Crippen LogP contribution in [-0.2, 0) is 16.0 Å². The molecule has 0 aliphatic carbocycles. The quantitative estimate of drug-likeness (QED) is 0.328. The summed E-state index contributed by atoms with van der Waals surface area (Å²) >= 11 is 12.8. The normalized spacial score (nSPS) is 20.7. The molecule has 224 valence electrons. The molecule has 2 aliphatic heterocycles. The lowest BCUT2D eigenvalue weighted by Crippen LogP contribution is -2.50. The monoisotopic (exact) mass is 617 g/mol. The Morgan fingerprint density at radius 2 is 1.81 bits per heavy atom. The molecule has 3 aromatic rings. The number of amides is 2. The zero-order valence-corrected chi connectivity index (χ0v) is 25.5. The molecular weight excluding hydrogens is 584 g/mol. The van der Waals surface area contributed by atoms with Crippen LogP contribution in [0.2, 0.25) is 10.0 Å². The molecule has 1 aromatic heterocycles. The van der Waals surface area contributed by atoms with Gasteiger partial charge in [-0.2, -0.15) is 0 Å². The second-order valence-corrected chi connectivity index (χ2v) is 12.5. The van der Waals surface area contributed by atoms with Crippen LogP contribution in [0.3, 0.4) is 0 Å². The maximum atomic E-state index is 14.4. The van der Waals surface area contributed by atoms with Crippen molar-refractivity contribution in [3.05, 3.63) is 64.0 Å². The molecule has 3 heterocycles. The molecule has 0 spiro atoms. The molecule has 2 aromatic carbocycles. The fraction of sp³-hybridized carbons (Fsp3) is 0.467. The average molecular weight is 619 g/mol. The SMILES string of the molecule is COc1c(F)cccc1CC1CCCN1C(=O)[C@@H]1CC(n2cc(-c3c(Cl)cccc3Cl)nn2)CN1C(=O)OC(C)(C)C. The first-order valence-electron chi connectivity index (χ1n) is 13.9. The summed E-state index contributed by atoms with van der Waals surface area (Å²) in [6.07, 6.45) is 3.50. The van der Waals surface area contributed by atoms with Gasteiger partial charge in [-0.1, -0.05) is 46.6 Å². The highest BCUT2D eigenvalue weighted by atomic mass is 35.5. The second-order valence-electron chi connectivity index (χ2n) is 11.7. The van der Waals surface area contributed by atoms with E-state index in [0.29, 0.717) is 46.3 Å². The van der Waals surface area contributed by atoms with Crippen LogP contribution in [0.5, 0.6) is 5.75 Å². The fourth-order valence-electron chi connectivity index (χ4n) is 5.80. The Labute approximate surface area is 254 Å². The third-order valence-electron chi connectivity index (χ3n) is 7.66. The first-order chi connectivity index (χ1) is 20.0. The summed E-state index contributed by atoms with van der Waals surface area (Å²) < 4.78 is 27.0. The lowest BCUT2D eigenvalue weighted by molar-refractivity contribution is -0.136. The van der Waals surface area contributed by atoms with Gasteiger partial charge in [0.05, 0.1) is 29.4 Å². The van der Waals surface area contributed by atoms with Crippen LogP contribution < -0.4 is 4.74 Å². The standard InChI is InChI=1S/C30H34Cl2FN5O4/c1-30(2,3)42-29(40)37-16-20(38-17-24(34-35-38)26-21(31)10-6-11-22(26)32)15-25(37)28(39)36-13-7-9-19(36)14-18-8-5-12-23(33)27(18)41-4/h5-6,8,10-12,17,19-20,25H,7,9,13-16H2,1-4H3/t19?,20?,25-/m0/s1. The fourth-order valence-corrected chi connectivity index (χ4v) is 6.39. The molecule has 2 unspecified atom stereocenters. The Hall–Kier alpha value is -3.37. The smallest absolute Gasteiger partial charge is 0.411 e. The van der Waals surface area contributed by atoms with Gasteiger partial charge in [-0.3, -0.25) is 9.69 Å². The van der Waals surface area contributed by atoms with Crippen molar-refractivity contribution < 1.29 is 23.5 Å². The number of aromatic nitrogens is 3. The number of rotatable bonds is 6. The van der Waals surface area contributed by atoms with Gasteiger partial charge in [0.1, 0.15) is 17.3 Å². The number of benzene rings is 2. The van der Waals surface area contributed by atoms with Crippen molar-refractivity contribution in [3.8, 4) is 17.0 Å². The van der Waals surface area contributed by atoms with Crippen LogP contribution in [0.4, 0.5) is 9.18 Å². The predicted octanol–water partition coefficient (Wildman–Crippen LogP) is 6.18. The highest BCUT2D eigenvalue weighted by Crippen LogP contribution is 2.36. The minimum absolute atomic E-state index is 0.159. The summed E-state index contributed by atoms with van der Waals surface area (Å²) in [4.78, 5) is 30.8. The van der Waals surface area contributed by atoms with E-state index in [1.165, 1.54) is 18.1 Å². The number of methoxy groups -OCH3 is 1. The van der Waals surface area contributed by atoms with Gasteiger partial charge in [0.2, 0.25) is 5.91 Å². The lowest BCUT2D eigenvalue weighted by atomic mass is 10.0. The summed E-state index contributed by atoms with van der Waals surface area (Å²) in [6.45, 7) is 6.11. The van der Waals surface area contributed by atoms with Crippen molar-refractivity contribution in [3.63, 3.8) is 0 Å². The van der Waals surface area contributed by atoms with Crippen molar-refractivity contribution in [2.24, 2.45) is 0 Å². The summed E-state index contributed by atoms with van der Waals surface area (Å²) in [7, 11) is 1.44. The molecule has 0 N–H and O–H groups in total. The van der Waals surface area contributed by atoms with Gasteiger partial charge in [0.25, 0.3) is 0 Å². The number of carbonyl (C=O) groups is 2. The molecule has 5 rings (SSSR count). The van der Waals surface area contributed by atoms with E-state index in [4.69, 9.17) is 32.7 Å². The Morgan fingerprint density at radius 1 is 1.10 bits per heavy atom. The molecule has 42 heavy (non-hydrogen) atoms. The lowest BCUT2D eigenvalue weighted by Gasteiger charge is -2.32. The van der Waals surface area contributed by atoms with Gasteiger partial charge in [0.15, 0.2) is 11.6 Å². The topological polar surface area (TPSA) is 89.8 Å². The number of hydrogen-bond acceptors (Lipinski definition) is 6. The van der Waals surface area contributed by atoms with E-state index in [2.05, 4.69) is 10.3 Å². The zero-order chi connectivity index (χ0) is 30.2.